The molecule has 0 spiro atoms. The van der Waals surface area contributed by atoms with E-state index < -0.39 is 11.6 Å². The highest BCUT2D eigenvalue weighted by atomic mass is 19.1. The lowest BCUT2D eigenvalue weighted by Gasteiger charge is -2.36. The normalized spacial score (nSPS) is 18.4. The van der Waals surface area contributed by atoms with Gasteiger partial charge in [-0.2, -0.15) is 0 Å². The van der Waals surface area contributed by atoms with E-state index in [1.54, 1.807) is 6.07 Å². The maximum atomic E-state index is 15.2. The molecule has 0 bridgehead atoms. The summed E-state index contributed by atoms with van der Waals surface area (Å²) in [7, 11) is 4.17. The molecule has 9 heteroatoms. The summed E-state index contributed by atoms with van der Waals surface area (Å²) in [6.45, 7) is 2.72. The molecular formula is C31H36F3N5O. The molecule has 2 aliphatic heterocycles. The molecule has 2 fully saturated rings. The van der Waals surface area contributed by atoms with E-state index >= 15 is 8.78 Å². The number of benzene rings is 2. The van der Waals surface area contributed by atoms with E-state index in [0.29, 0.717) is 53.6 Å². The molecule has 1 aromatic heterocycles. The summed E-state index contributed by atoms with van der Waals surface area (Å²) in [6.07, 6.45) is 7.75. The standard InChI is InChI=1S/C31H36F3N5O/c1-37(2)22-9-11-38(12-10-22)27-8-7-20(15-24(27)32)16-29-35-19-26(34)30(36-29)21-17-25(33)31-28(18-21)39(13-14-40-31)23-5-3-4-6-23/h7-8,15,17-19,22-23H,3-6,9-14,16H2,1-2H3. The Morgan fingerprint density at radius 1 is 0.900 bits per heavy atom. The number of anilines is 2. The number of halogens is 3. The fourth-order valence-corrected chi connectivity index (χ4v) is 6.45. The predicted octanol–water partition coefficient (Wildman–Crippen LogP) is 5.82. The second-order valence-electron chi connectivity index (χ2n) is 11.4. The van der Waals surface area contributed by atoms with E-state index in [4.69, 9.17) is 4.74 Å². The average Bonchev–Trinajstić information content (AvgIpc) is 3.49. The van der Waals surface area contributed by atoms with Gasteiger partial charge in [-0.25, -0.2) is 23.1 Å². The molecule has 0 unspecified atom stereocenters. The lowest BCUT2D eigenvalue weighted by atomic mass is 10.0. The number of aromatic nitrogens is 2. The van der Waals surface area contributed by atoms with E-state index in [2.05, 4.69) is 38.8 Å². The Balaban J connectivity index is 1.23. The van der Waals surface area contributed by atoms with Crippen molar-refractivity contribution in [1.29, 1.82) is 0 Å². The van der Waals surface area contributed by atoms with Crippen LogP contribution in [0.5, 0.6) is 5.75 Å². The molecule has 1 saturated heterocycles. The van der Waals surface area contributed by atoms with Crippen LogP contribution < -0.4 is 14.5 Å². The summed E-state index contributed by atoms with van der Waals surface area (Å²) in [5.41, 5.74) is 2.32. The molecule has 3 heterocycles. The fraction of sp³-hybridized carbons (Fsp3) is 0.484. The monoisotopic (exact) mass is 551 g/mol. The molecule has 0 amide bonds. The van der Waals surface area contributed by atoms with Gasteiger partial charge in [0.05, 0.1) is 24.1 Å². The van der Waals surface area contributed by atoms with Gasteiger partial charge >= 0.3 is 0 Å². The number of nitrogens with zero attached hydrogens (tertiary/aromatic N) is 5. The van der Waals surface area contributed by atoms with Gasteiger partial charge in [-0.3, -0.25) is 0 Å². The zero-order valence-electron chi connectivity index (χ0n) is 23.2. The van der Waals surface area contributed by atoms with Crippen LogP contribution in [0.4, 0.5) is 24.5 Å². The minimum Gasteiger partial charge on any atom is -0.486 e. The molecule has 0 atom stereocenters. The van der Waals surface area contributed by atoms with Crippen LogP contribution >= 0.6 is 0 Å². The zero-order chi connectivity index (χ0) is 27.8. The van der Waals surface area contributed by atoms with Crippen LogP contribution in [0, 0.1) is 17.5 Å². The van der Waals surface area contributed by atoms with Gasteiger partial charge in [-0.15, -0.1) is 0 Å². The second-order valence-corrected chi connectivity index (χ2v) is 11.4. The summed E-state index contributed by atoms with van der Waals surface area (Å²) < 4.78 is 51.0. The third-order valence-corrected chi connectivity index (χ3v) is 8.65. The van der Waals surface area contributed by atoms with E-state index in [1.165, 1.54) is 12.1 Å². The highest BCUT2D eigenvalue weighted by Gasteiger charge is 2.30. The van der Waals surface area contributed by atoms with Crippen molar-refractivity contribution in [1.82, 2.24) is 14.9 Å². The van der Waals surface area contributed by atoms with Crippen LogP contribution in [0.2, 0.25) is 0 Å². The highest BCUT2D eigenvalue weighted by molar-refractivity contribution is 5.72. The number of hydrogen-bond donors (Lipinski definition) is 0. The van der Waals surface area contributed by atoms with Crippen LogP contribution in [0.15, 0.2) is 36.5 Å². The highest BCUT2D eigenvalue weighted by Crippen LogP contribution is 2.41. The first-order valence-corrected chi connectivity index (χ1v) is 14.3. The smallest absolute Gasteiger partial charge is 0.178 e. The van der Waals surface area contributed by atoms with E-state index in [1.807, 2.05) is 12.1 Å². The van der Waals surface area contributed by atoms with Crippen LogP contribution in [0.3, 0.4) is 0 Å². The topological polar surface area (TPSA) is 44.7 Å². The molecular weight excluding hydrogens is 515 g/mol. The SMILES string of the molecule is CN(C)C1CCN(c2ccc(Cc3ncc(F)c(-c4cc(F)c5c(c4)N(C4CCCC4)CCO5)n3)cc2F)CC1. The van der Waals surface area contributed by atoms with Crippen molar-refractivity contribution in [3.05, 3.63) is 65.4 Å². The molecule has 1 saturated carbocycles. The molecule has 40 heavy (non-hydrogen) atoms. The van der Waals surface area contributed by atoms with Gasteiger partial charge in [0.25, 0.3) is 0 Å². The van der Waals surface area contributed by atoms with Crippen molar-refractivity contribution in [2.75, 3.05) is 50.1 Å². The number of ether oxygens (including phenoxy) is 1. The maximum Gasteiger partial charge on any atom is 0.178 e. The Morgan fingerprint density at radius 2 is 1.68 bits per heavy atom. The lowest BCUT2D eigenvalue weighted by Crippen LogP contribution is -2.42. The van der Waals surface area contributed by atoms with Crippen molar-refractivity contribution < 1.29 is 17.9 Å². The quantitative estimate of drug-likeness (QED) is 0.385. The van der Waals surface area contributed by atoms with Crippen LogP contribution in [0.25, 0.3) is 11.3 Å². The minimum absolute atomic E-state index is 0.0319. The molecule has 3 aromatic rings. The molecule has 0 radical (unpaired) electrons. The largest absolute Gasteiger partial charge is 0.486 e. The Bertz CT molecular complexity index is 1370. The molecule has 0 N–H and O–H groups in total. The first-order valence-electron chi connectivity index (χ1n) is 14.3. The number of piperidine rings is 1. The molecule has 6 nitrogen and oxygen atoms in total. The first-order chi connectivity index (χ1) is 19.4. The van der Waals surface area contributed by atoms with Gasteiger partial charge < -0.3 is 19.4 Å². The van der Waals surface area contributed by atoms with Crippen molar-refractivity contribution in [3.8, 4) is 17.0 Å². The summed E-state index contributed by atoms with van der Waals surface area (Å²) >= 11 is 0. The van der Waals surface area contributed by atoms with Gasteiger partial charge in [0.15, 0.2) is 17.4 Å². The van der Waals surface area contributed by atoms with E-state index in [0.717, 1.165) is 57.8 Å². The zero-order valence-corrected chi connectivity index (χ0v) is 23.2. The van der Waals surface area contributed by atoms with Gasteiger partial charge in [-0.1, -0.05) is 18.9 Å². The Morgan fingerprint density at radius 3 is 2.40 bits per heavy atom. The van der Waals surface area contributed by atoms with Crippen LogP contribution in [-0.2, 0) is 6.42 Å². The molecule has 1 aliphatic carbocycles. The first kappa shape index (κ1) is 26.9. The summed E-state index contributed by atoms with van der Waals surface area (Å²) in [5, 5.41) is 0. The Kier molecular flexibility index (Phi) is 7.57. The van der Waals surface area contributed by atoms with Crippen LogP contribution in [-0.4, -0.2) is 67.3 Å². The minimum atomic E-state index is -0.630. The third kappa shape index (κ3) is 5.36. The second kappa shape index (κ2) is 11.3. The van der Waals surface area contributed by atoms with Gasteiger partial charge in [0, 0.05) is 37.2 Å². The Labute approximate surface area is 233 Å². The fourth-order valence-electron chi connectivity index (χ4n) is 6.45. The number of fused-ring (bicyclic) bond motifs is 1. The van der Waals surface area contributed by atoms with Crippen molar-refractivity contribution in [2.45, 2.75) is 57.0 Å². The summed E-state index contributed by atoms with van der Waals surface area (Å²) in [5.74, 6) is -0.876. The maximum absolute atomic E-state index is 15.2. The molecule has 6 rings (SSSR count). The summed E-state index contributed by atoms with van der Waals surface area (Å²) in [4.78, 5) is 15.1. The van der Waals surface area contributed by atoms with Crippen molar-refractivity contribution in [3.63, 3.8) is 0 Å². The Hall–Kier alpha value is -3.33. The average molecular weight is 552 g/mol. The van der Waals surface area contributed by atoms with Gasteiger partial charge in [0.2, 0.25) is 0 Å². The lowest BCUT2D eigenvalue weighted by molar-refractivity contribution is 0.249. The van der Waals surface area contributed by atoms with Crippen molar-refractivity contribution >= 4 is 11.4 Å². The van der Waals surface area contributed by atoms with Gasteiger partial charge in [-0.05, 0) is 69.6 Å². The molecule has 2 aromatic carbocycles. The number of hydrogen-bond acceptors (Lipinski definition) is 6. The third-order valence-electron chi connectivity index (χ3n) is 8.65. The van der Waals surface area contributed by atoms with E-state index in [9.17, 15) is 4.39 Å². The number of rotatable bonds is 6. The van der Waals surface area contributed by atoms with Crippen LogP contribution in [0.1, 0.15) is 49.9 Å². The van der Waals surface area contributed by atoms with E-state index in [-0.39, 0.29) is 23.7 Å². The van der Waals surface area contributed by atoms with Gasteiger partial charge in [0.1, 0.15) is 23.9 Å². The molecule has 3 aliphatic rings. The molecule has 212 valence electrons. The summed E-state index contributed by atoms with van der Waals surface area (Å²) in [6, 6.07) is 9.10. The predicted molar refractivity (Wildman–Crippen MR) is 151 cm³/mol. The van der Waals surface area contributed by atoms with Crippen molar-refractivity contribution in [2.24, 2.45) is 0 Å².